The second-order valence-electron chi connectivity index (χ2n) is 37.4. The molecule has 137 heavy (non-hydrogen) atoms. The lowest BCUT2D eigenvalue weighted by molar-refractivity contribution is -0.142. The number of carbonyl (C=O) groups excluding carboxylic acids is 2. The number of aromatic nitrogens is 8. The third-order valence-electron chi connectivity index (χ3n) is 17.8. The van der Waals surface area contributed by atoms with E-state index in [2.05, 4.69) is 171 Å². The van der Waals surface area contributed by atoms with Crippen LogP contribution in [0.5, 0.6) is 0 Å². The van der Waals surface area contributed by atoms with Gasteiger partial charge in [-0.15, -0.1) is 20.4 Å². The molecule has 1 atom stereocenters. The normalized spacial score (nSPS) is 15.0. The number of azo groups is 1. The number of aliphatic hydroxyl groups excluding tert-OH is 2. The molecule has 3 N–H and O–H groups in total. The standard InChI is InChI=1S/2C11H16N4O3.C11H23NO.C8H17NO.C8H16O2.C8H16O.C7H17NO.C7H16O.C6H11N3O.C6H14O3.C6H14O2.C6H12O2.C6H14O/c1-7(2)16-6-11-12-13-14-15(11)5-10-8(3)17-9(4)18-10;1-7(2)16-6-11-12-14-15(13-11)5-10-8(3)17-9(4)18-10;1-11(2)13-10-6-9-12-7-4-3-5-8-12;1-7(2)10-8-3-5-9-6-4-8;1-6(2)10-8(4,5)7(3)9;1-7(2)9-8-5-3-4-6-8;1-7(2)9-6-5-8(3)4;1-4-5-6-8-7(2)3;1-5(2)10-3-6-7-4-8-9-6;1-5(2)9-4-6(8)3-7;1-6(2)8-5-4-7-3;1-5(2)8-4-6(3)7;1-4-5-7-6(2)3/h2*7H,4-6H2,1-3H3;11H,3-10H2,1-2H3;7-9H,3-6H2,1-2H3;6H,1-5H3;7-8H,3-6H2,1-2H3;7H,5-6H2,1-4H3;7H,4-6H2,1-3H3;5H,3-4H2,1-2H3;5-8H,3-4H2,1-2H3;6H,4-5H2,1-3H3;5H,4H2,1-3H3;6H,4-5H2,1-3H3. The topological polar surface area (TPSA) is 384 Å². The zero-order chi connectivity index (χ0) is 105. The van der Waals surface area contributed by atoms with Crippen LogP contribution in [0.1, 0.15) is 331 Å². The van der Waals surface area contributed by atoms with Crippen molar-refractivity contribution >= 4 is 17.4 Å². The van der Waals surface area contributed by atoms with Gasteiger partial charge in [0.1, 0.15) is 62.7 Å². The Labute approximate surface area is 830 Å². The van der Waals surface area contributed by atoms with Gasteiger partial charge in [0, 0.05) is 40.0 Å². The predicted octanol–water partition coefficient (Wildman–Crippen LogP) is 18.3. The maximum Gasteiger partial charge on any atom is 0.282 e. The Hall–Kier alpha value is -5.85. The SMILES string of the molecule is C=C1OC(C)=C(Cn2nnc(COC(C)C)n2)O1.C=C1OC(C)=C(Cn2nnnc2COC(C)C)O1.CC(=O)C(C)(C)OC(C)C.CC(=O)COC(C)C.CC(C)OC1CCCC1.CC(C)OC1CCNCC1.CC(C)OCC(O)CO.CC(C)OCC1=NCN=N1.CC(C)OCCCN1CCCCC1.CC(C)OCCN(C)C.CCCCOC(C)C.CCCOC(C)C.COCCOC(C)C. The average Bonchev–Trinajstić information content (AvgIpc) is 1.73. The monoisotopic (exact) mass is 1960 g/mol. The average molecular weight is 1960 g/mol. The first kappa shape index (κ1) is 140. The number of likely N-dealkylation sites (tertiary alicyclic amines) is 1. The number of tetrazole rings is 2. The van der Waals surface area contributed by atoms with Gasteiger partial charge in [-0.2, -0.15) is 9.91 Å². The summed E-state index contributed by atoms with van der Waals surface area (Å²) >= 11 is 0. The lowest BCUT2D eigenvalue weighted by Crippen LogP contribution is -2.35. The van der Waals surface area contributed by atoms with E-state index < -0.39 is 11.7 Å². The summed E-state index contributed by atoms with van der Waals surface area (Å²) in [7, 11) is 5.76. The van der Waals surface area contributed by atoms with Crippen molar-refractivity contribution in [3.05, 3.63) is 59.7 Å². The van der Waals surface area contributed by atoms with Crippen LogP contribution in [0.4, 0.5) is 0 Å². The van der Waals surface area contributed by atoms with E-state index in [1.54, 1.807) is 39.5 Å². The van der Waals surface area contributed by atoms with Gasteiger partial charge in [-0.05, 0) is 348 Å². The Morgan fingerprint density at radius 3 is 1.39 bits per heavy atom. The molecule has 5 aliphatic heterocycles. The van der Waals surface area contributed by atoms with Gasteiger partial charge in [0.25, 0.3) is 11.9 Å². The van der Waals surface area contributed by atoms with Gasteiger partial charge in [0.15, 0.2) is 47.2 Å². The lowest BCUT2D eigenvalue weighted by Gasteiger charge is -2.26. The molecule has 0 bridgehead atoms. The second-order valence-corrected chi connectivity index (χ2v) is 37.4. The van der Waals surface area contributed by atoms with E-state index in [0.717, 1.165) is 52.5 Å². The van der Waals surface area contributed by atoms with Crippen LogP contribution in [0, 0.1) is 0 Å². The molecular formula is C101H202N14O22. The molecule has 0 radical (unpaired) electrons. The molecule has 36 nitrogen and oxygen atoms in total. The fourth-order valence-electron chi connectivity index (χ4n) is 10.9. The first-order chi connectivity index (χ1) is 64.3. The van der Waals surface area contributed by atoms with Crippen LogP contribution in [0.3, 0.4) is 0 Å². The smallest absolute Gasteiger partial charge is 0.282 e. The zero-order valence-electron chi connectivity index (χ0n) is 93.1. The third kappa shape index (κ3) is 97.4. The molecule has 1 aliphatic carbocycles. The molecule has 3 fully saturated rings. The van der Waals surface area contributed by atoms with Crippen LogP contribution in [0.15, 0.2) is 63.3 Å². The number of ketones is 2. The molecule has 7 heterocycles. The highest BCUT2D eigenvalue weighted by molar-refractivity contribution is 5.84. The maximum absolute atomic E-state index is 10.9. The molecule has 0 spiro atoms. The summed E-state index contributed by atoms with van der Waals surface area (Å²) in [6.45, 7) is 88.6. The van der Waals surface area contributed by atoms with Crippen LogP contribution in [-0.2, 0) is 121 Å². The minimum absolute atomic E-state index is 0.0706. The van der Waals surface area contributed by atoms with E-state index in [-0.39, 0.29) is 79.9 Å². The number of Topliss-reactive ketones (excluding diaryl/α,β-unsaturated/α-hetero) is 2. The molecule has 36 heteroatoms. The van der Waals surface area contributed by atoms with Gasteiger partial charge in [-0.25, -0.2) is 9.67 Å². The first-order valence-electron chi connectivity index (χ1n) is 50.3. The van der Waals surface area contributed by atoms with E-state index in [0.29, 0.717) is 148 Å². The van der Waals surface area contributed by atoms with Crippen molar-refractivity contribution in [1.82, 2.24) is 55.5 Å². The third-order valence-corrected chi connectivity index (χ3v) is 17.8. The highest BCUT2D eigenvalue weighted by atomic mass is 16.7. The number of hydrogen-bond acceptors (Lipinski definition) is 34. The highest BCUT2D eigenvalue weighted by Gasteiger charge is 2.26. The van der Waals surface area contributed by atoms with Crippen molar-refractivity contribution < 1.29 is 105 Å². The van der Waals surface area contributed by atoms with E-state index in [9.17, 15) is 9.59 Å². The van der Waals surface area contributed by atoms with Gasteiger partial charge in [0.05, 0.1) is 125 Å². The number of ether oxygens (including phenoxy) is 18. The number of rotatable bonds is 47. The minimum Gasteiger partial charge on any atom is -0.428 e. The predicted molar refractivity (Wildman–Crippen MR) is 545 cm³/mol. The Kier molecular flexibility index (Phi) is 91.9. The molecule has 0 amide bonds. The van der Waals surface area contributed by atoms with Crippen molar-refractivity contribution in [1.29, 1.82) is 0 Å². The largest absolute Gasteiger partial charge is 0.428 e. The van der Waals surface area contributed by atoms with Crippen LogP contribution in [0.25, 0.3) is 0 Å². The van der Waals surface area contributed by atoms with Gasteiger partial charge in [0.2, 0.25) is 0 Å². The molecule has 808 valence electrons. The van der Waals surface area contributed by atoms with Crippen LogP contribution in [-0.4, -0.2) is 314 Å². The van der Waals surface area contributed by atoms with Crippen molar-refractivity contribution in [3.63, 3.8) is 0 Å². The van der Waals surface area contributed by atoms with Crippen LogP contribution in [0.2, 0.25) is 0 Å². The van der Waals surface area contributed by atoms with Crippen molar-refractivity contribution in [2.24, 2.45) is 15.2 Å². The summed E-state index contributed by atoms with van der Waals surface area (Å²) in [4.78, 5) is 31.2. The van der Waals surface area contributed by atoms with Gasteiger partial charge in [-0.1, -0.05) is 39.5 Å². The number of methoxy groups -OCH3 is 1. The fourth-order valence-corrected chi connectivity index (χ4v) is 10.9. The number of nitrogens with one attached hydrogen (secondary N) is 1. The number of hydrogen-bond donors (Lipinski definition) is 3. The number of aliphatic hydroxyl groups is 2. The van der Waals surface area contributed by atoms with Crippen LogP contribution < -0.4 is 5.32 Å². The van der Waals surface area contributed by atoms with Gasteiger partial charge >= 0.3 is 0 Å². The molecule has 1 saturated carbocycles. The molecule has 2 aromatic heterocycles. The number of allylic oxidation sites excluding steroid dienone is 4. The number of likely N-dealkylation sites (N-methyl/N-ethyl adjacent to an activating group) is 1. The van der Waals surface area contributed by atoms with E-state index in [4.69, 9.17) is 95.5 Å². The molecule has 2 aromatic rings. The second kappa shape index (κ2) is 90.2. The molecule has 6 aliphatic rings. The summed E-state index contributed by atoms with van der Waals surface area (Å²) in [5.41, 5.74) is -0.617. The number of unbranched alkanes of at least 4 members (excludes halogenated alkanes) is 1. The fraction of sp³-hybridized carbons (Fsp3) is 0.871. The molecular weight excluding hydrogens is 1760 g/mol. The Balaban J connectivity index is -0.000000465. The van der Waals surface area contributed by atoms with E-state index in [1.165, 1.54) is 108 Å². The summed E-state index contributed by atoms with van der Waals surface area (Å²) in [6, 6.07) is 0. The zero-order valence-corrected chi connectivity index (χ0v) is 93.1. The highest BCUT2D eigenvalue weighted by Crippen LogP contribution is 2.26. The van der Waals surface area contributed by atoms with Crippen LogP contribution >= 0.6 is 0 Å². The molecule has 1 unspecified atom stereocenters. The Morgan fingerprint density at radius 2 is 0.993 bits per heavy atom. The molecule has 8 rings (SSSR count). The van der Waals surface area contributed by atoms with Gasteiger partial charge < -0.3 is 111 Å². The Bertz CT molecular complexity index is 3250. The number of amidine groups is 1. The van der Waals surface area contributed by atoms with Crippen molar-refractivity contribution in [2.75, 3.05) is 133 Å². The lowest BCUT2D eigenvalue weighted by atomic mass is 10.1. The maximum atomic E-state index is 10.9. The van der Waals surface area contributed by atoms with Crippen molar-refractivity contribution in [2.45, 2.75) is 448 Å². The number of nitrogens with zero attached hydrogens (tertiary/aromatic N) is 13. The van der Waals surface area contributed by atoms with Gasteiger partial charge in [-0.3, -0.25) is 9.59 Å². The molecule has 2 saturated heterocycles. The molecule has 0 aromatic carbocycles. The summed E-state index contributed by atoms with van der Waals surface area (Å²) in [6.07, 6.45) is 20.6. The van der Waals surface area contributed by atoms with E-state index in [1.807, 2.05) is 118 Å². The minimum atomic E-state index is -0.729. The number of aliphatic imine (C=N–C) groups is 1. The van der Waals surface area contributed by atoms with E-state index >= 15 is 0 Å². The number of carbonyl (C=O) groups is 2. The Morgan fingerprint density at radius 1 is 0.526 bits per heavy atom. The number of piperidine rings is 2. The summed E-state index contributed by atoms with van der Waals surface area (Å²) in [5.74, 6) is 5.20. The summed E-state index contributed by atoms with van der Waals surface area (Å²) < 4.78 is 96.5. The quantitative estimate of drug-likeness (QED) is 0.0518. The summed E-state index contributed by atoms with van der Waals surface area (Å²) in [5, 5.41) is 51.2. The van der Waals surface area contributed by atoms with Crippen molar-refractivity contribution in [3.8, 4) is 0 Å². The first-order valence-corrected chi connectivity index (χ1v) is 50.3.